The highest BCUT2D eigenvalue weighted by Crippen LogP contribution is 2.25. The lowest BCUT2D eigenvalue weighted by atomic mass is 9.76. The third-order valence-corrected chi connectivity index (χ3v) is 3.87. The van der Waals surface area contributed by atoms with Crippen molar-refractivity contribution in [1.82, 2.24) is 0 Å². The van der Waals surface area contributed by atoms with Crippen molar-refractivity contribution in [3.63, 3.8) is 0 Å². The van der Waals surface area contributed by atoms with E-state index < -0.39 is 7.12 Å². The highest BCUT2D eigenvalue weighted by atomic mass is 16.7. The van der Waals surface area contributed by atoms with E-state index in [9.17, 15) is 0 Å². The summed E-state index contributed by atoms with van der Waals surface area (Å²) in [5.41, 5.74) is 2.31. The van der Waals surface area contributed by atoms with Crippen LogP contribution in [0.3, 0.4) is 0 Å². The minimum absolute atomic E-state index is 0.322. The van der Waals surface area contributed by atoms with Crippen molar-refractivity contribution >= 4 is 18.3 Å². The van der Waals surface area contributed by atoms with Crippen LogP contribution in [0.5, 0.6) is 11.5 Å². The Hall–Kier alpha value is -2.37. The van der Waals surface area contributed by atoms with Gasteiger partial charge < -0.3 is 23.5 Å². The molecule has 0 heterocycles. The summed E-state index contributed by atoms with van der Waals surface area (Å²) < 4.78 is 27.9. The zero-order chi connectivity index (χ0) is 19.6. The first-order valence-corrected chi connectivity index (χ1v) is 8.68. The Morgan fingerprint density at radius 3 is 2.26 bits per heavy atom. The normalized spacial score (nSPS) is 11.7. The fraction of sp³-hybridized carbons (Fsp3) is 0.350. The predicted octanol–water partition coefficient (Wildman–Crippen LogP) is 3.92. The van der Waals surface area contributed by atoms with Gasteiger partial charge in [0.15, 0.2) is 12.0 Å². The molecule has 0 fully saturated rings. The summed E-state index contributed by atoms with van der Waals surface area (Å²) in [4.78, 5) is 3.38. The minimum atomic E-state index is -0.502. The van der Waals surface area contributed by atoms with Gasteiger partial charge in [0, 0.05) is 20.8 Å². The number of benzene rings is 2. The van der Waals surface area contributed by atoms with Crippen LogP contribution in [0.15, 0.2) is 42.5 Å². The number of hydrogen-bond donors (Lipinski definition) is 0. The Labute approximate surface area is 160 Å². The molecular weight excluding hydrogens is 345 g/mol. The van der Waals surface area contributed by atoms with E-state index in [-0.39, 0.29) is 6.29 Å². The second-order valence-electron chi connectivity index (χ2n) is 5.71. The molecule has 0 aliphatic carbocycles. The van der Waals surface area contributed by atoms with Crippen LogP contribution in [0.25, 0.3) is 4.85 Å². The third kappa shape index (κ3) is 6.09. The molecule has 2 rings (SSSR count). The van der Waals surface area contributed by atoms with Gasteiger partial charge in [0.25, 0.3) is 0 Å². The van der Waals surface area contributed by atoms with E-state index in [0.717, 1.165) is 11.0 Å². The average Bonchev–Trinajstić information content (AvgIpc) is 2.69. The highest BCUT2D eigenvalue weighted by molar-refractivity contribution is 6.61. The van der Waals surface area contributed by atoms with Gasteiger partial charge in [-0.15, -0.1) is 0 Å². The van der Waals surface area contributed by atoms with Gasteiger partial charge in [-0.1, -0.05) is 18.2 Å². The lowest BCUT2D eigenvalue weighted by Gasteiger charge is -2.18. The number of nitrogens with zero attached hydrogens (tertiary/aromatic N) is 1. The van der Waals surface area contributed by atoms with Crippen molar-refractivity contribution in [2.75, 3.05) is 20.8 Å². The molecule has 1 atom stereocenters. The first-order chi connectivity index (χ1) is 13.1. The summed E-state index contributed by atoms with van der Waals surface area (Å²) in [6, 6.07) is 12.6. The average molecular weight is 369 g/mol. The van der Waals surface area contributed by atoms with Crippen molar-refractivity contribution in [3.8, 4) is 11.5 Å². The van der Waals surface area contributed by atoms with Crippen molar-refractivity contribution in [3.05, 3.63) is 59.4 Å². The van der Waals surface area contributed by atoms with Gasteiger partial charge in [-0.3, -0.25) is 0 Å². The number of hydrogen-bond acceptors (Lipinski definition) is 5. The van der Waals surface area contributed by atoms with Crippen LogP contribution in [0.2, 0.25) is 0 Å². The molecule has 142 valence electrons. The molecule has 0 aliphatic heterocycles. The molecule has 0 amide bonds. The van der Waals surface area contributed by atoms with Crippen LogP contribution in [0.1, 0.15) is 19.4 Å². The molecule has 0 spiro atoms. The molecular formula is C20H24BNO5. The van der Waals surface area contributed by atoms with Crippen molar-refractivity contribution in [1.29, 1.82) is 0 Å². The topological polar surface area (TPSA) is 50.5 Å². The van der Waals surface area contributed by atoms with Gasteiger partial charge in [0.1, 0.15) is 11.5 Å². The molecule has 0 saturated carbocycles. The van der Waals surface area contributed by atoms with E-state index in [1.165, 1.54) is 0 Å². The van der Waals surface area contributed by atoms with E-state index in [1.807, 2.05) is 32.0 Å². The van der Waals surface area contributed by atoms with Gasteiger partial charge in [-0.05, 0) is 49.1 Å². The summed E-state index contributed by atoms with van der Waals surface area (Å²) in [5, 5.41) is 0. The van der Waals surface area contributed by atoms with Gasteiger partial charge in [-0.25, -0.2) is 4.85 Å². The zero-order valence-corrected chi connectivity index (χ0v) is 16.1. The standard InChI is InChI=1S/C20H24BNO5/c1-6-25-15(2)26-14-16-13-19(11-12-20(16)21(23-4)24-5)27-18-9-7-17(22-3)8-10-18/h7-13,15H,6,14H2,1-2,4-5H3. The van der Waals surface area contributed by atoms with Crippen LogP contribution < -0.4 is 10.2 Å². The molecule has 0 bridgehead atoms. The molecule has 27 heavy (non-hydrogen) atoms. The first kappa shape index (κ1) is 20.9. The monoisotopic (exact) mass is 369 g/mol. The second kappa shape index (κ2) is 10.7. The zero-order valence-electron chi connectivity index (χ0n) is 16.1. The SMILES string of the molecule is [C-]#[N+]c1ccc(Oc2ccc(B(OC)OC)c(COC(C)OCC)c2)cc1. The molecule has 2 aromatic rings. The summed E-state index contributed by atoms with van der Waals surface area (Å²) in [7, 11) is 2.67. The third-order valence-electron chi connectivity index (χ3n) is 3.87. The maximum Gasteiger partial charge on any atom is 0.493 e. The smallest absolute Gasteiger partial charge is 0.457 e. The predicted molar refractivity (Wildman–Crippen MR) is 105 cm³/mol. The fourth-order valence-corrected chi connectivity index (χ4v) is 2.57. The first-order valence-electron chi connectivity index (χ1n) is 8.68. The quantitative estimate of drug-likeness (QED) is 0.361. The van der Waals surface area contributed by atoms with Crippen LogP contribution in [0, 0.1) is 6.57 Å². The summed E-state index contributed by atoms with van der Waals surface area (Å²) in [6.07, 6.45) is -0.322. The van der Waals surface area contributed by atoms with Crippen LogP contribution in [-0.4, -0.2) is 34.2 Å². The minimum Gasteiger partial charge on any atom is -0.457 e. The Morgan fingerprint density at radius 1 is 1.00 bits per heavy atom. The van der Waals surface area contributed by atoms with Crippen LogP contribution in [0.4, 0.5) is 5.69 Å². The molecule has 0 saturated heterocycles. The van der Waals surface area contributed by atoms with Gasteiger partial charge in [0.2, 0.25) is 0 Å². The molecule has 0 radical (unpaired) electrons. The second-order valence-corrected chi connectivity index (χ2v) is 5.71. The largest absolute Gasteiger partial charge is 0.493 e. The van der Waals surface area contributed by atoms with E-state index in [4.69, 9.17) is 30.1 Å². The number of ether oxygens (including phenoxy) is 3. The molecule has 2 aromatic carbocycles. The highest BCUT2D eigenvalue weighted by Gasteiger charge is 2.22. The van der Waals surface area contributed by atoms with E-state index in [2.05, 4.69) is 4.85 Å². The maximum atomic E-state index is 7.01. The lowest BCUT2D eigenvalue weighted by Crippen LogP contribution is -2.37. The lowest BCUT2D eigenvalue weighted by molar-refractivity contribution is -0.134. The Bertz CT molecular complexity index is 756. The Morgan fingerprint density at radius 2 is 1.67 bits per heavy atom. The molecule has 6 nitrogen and oxygen atoms in total. The summed E-state index contributed by atoms with van der Waals surface area (Å²) >= 11 is 0. The van der Waals surface area contributed by atoms with Crippen LogP contribution >= 0.6 is 0 Å². The summed E-state index contributed by atoms with van der Waals surface area (Å²) in [5.74, 6) is 1.31. The Balaban J connectivity index is 2.22. The van der Waals surface area contributed by atoms with Gasteiger partial charge in [-0.2, -0.15) is 0 Å². The summed E-state index contributed by atoms with van der Waals surface area (Å²) in [6.45, 7) is 11.7. The van der Waals surface area contributed by atoms with E-state index >= 15 is 0 Å². The van der Waals surface area contributed by atoms with Gasteiger partial charge >= 0.3 is 7.12 Å². The van der Waals surface area contributed by atoms with E-state index in [0.29, 0.717) is 30.4 Å². The van der Waals surface area contributed by atoms with Crippen molar-refractivity contribution in [2.24, 2.45) is 0 Å². The fourth-order valence-electron chi connectivity index (χ4n) is 2.57. The van der Waals surface area contributed by atoms with Gasteiger partial charge in [0.05, 0.1) is 13.2 Å². The van der Waals surface area contributed by atoms with Crippen molar-refractivity contribution in [2.45, 2.75) is 26.7 Å². The number of rotatable bonds is 10. The molecule has 0 N–H and O–H groups in total. The Kier molecular flexibility index (Phi) is 8.30. The molecule has 0 aromatic heterocycles. The molecule has 1 unspecified atom stereocenters. The van der Waals surface area contributed by atoms with Crippen molar-refractivity contribution < 1.29 is 23.5 Å². The van der Waals surface area contributed by atoms with Crippen LogP contribution in [-0.2, 0) is 25.4 Å². The molecule has 0 aliphatic rings. The molecule has 7 heteroatoms. The van der Waals surface area contributed by atoms with E-state index in [1.54, 1.807) is 38.5 Å². The maximum absolute atomic E-state index is 7.01.